The van der Waals surface area contributed by atoms with Crippen LogP contribution in [0.5, 0.6) is 0 Å². The van der Waals surface area contributed by atoms with Crippen molar-refractivity contribution in [1.82, 2.24) is 5.32 Å². The molecule has 1 aromatic rings. The number of nitrogens with one attached hydrogen (secondary N) is 1. The van der Waals surface area contributed by atoms with Gasteiger partial charge in [0.25, 0.3) is 0 Å². The molecule has 0 bridgehead atoms. The zero-order valence-electron chi connectivity index (χ0n) is 12.4. The lowest BCUT2D eigenvalue weighted by Crippen LogP contribution is -2.40. The molecule has 1 heterocycles. The van der Waals surface area contributed by atoms with Crippen molar-refractivity contribution in [1.29, 1.82) is 0 Å². The molecule has 3 heteroatoms. The summed E-state index contributed by atoms with van der Waals surface area (Å²) in [6.07, 6.45) is 5.26. The summed E-state index contributed by atoms with van der Waals surface area (Å²) in [5.41, 5.74) is 4.42. The molecule has 3 rings (SSSR count). The van der Waals surface area contributed by atoms with E-state index in [1.54, 1.807) is 0 Å². The molecule has 1 aliphatic heterocycles. The first kappa shape index (κ1) is 14.1. The van der Waals surface area contributed by atoms with Gasteiger partial charge >= 0.3 is 0 Å². The zero-order valence-corrected chi connectivity index (χ0v) is 12.4. The van der Waals surface area contributed by atoms with Gasteiger partial charge in [0, 0.05) is 0 Å². The van der Waals surface area contributed by atoms with Gasteiger partial charge in [0.1, 0.15) is 6.10 Å². The molecule has 0 saturated carbocycles. The van der Waals surface area contributed by atoms with Crippen LogP contribution in [-0.2, 0) is 22.3 Å². The van der Waals surface area contributed by atoms with Gasteiger partial charge in [-0.3, -0.25) is 0 Å². The molecular weight excluding hydrogens is 250 g/mol. The van der Waals surface area contributed by atoms with E-state index in [9.17, 15) is 0 Å². The second-order valence-corrected chi connectivity index (χ2v) is 5.75. The molecular formula is C17H25NO2. The van der Waals surface area contributed by atoms with Gasteiger partial charge in [-0.15, -0.1) is 0 Å². The second-order valence-electron chi connectivity index (χ2n) is 5.75. The Balaban J connectivity index is 1.82. The van der Waals surface area contributed by atoms with Crippen molar-refractivity contribution in [2.75, 3.05) is 26.4 Å². The SMILES string of the molecule is CCNC(c1ccc2c(c1)CCCC2)C1COCCO1. The van der Waals surface area contributed by atoms with Gasteiger partial charge in [-0.05, 0) is 48.9 Å². The Hall–Kier alpha value is -0.900. The number of hydrogen-bond donors (Lipinski definition) is 1. The van der Waals surface area contributed by atoms with Crippen LogP contribution in [0, 0.1) is 0 Å². The van der Waals surface area contributed by atoms with Gasteiger partial charge in [0.2, 0.25) is 0 Å². The largest absolute Gasteiger partial charge is 0.376 e. The first-order valence-electron chi connectivity index (χ1n) is 7.93. The minimum Gasteiger partial charge on any atom is -0.376 e. The molecule has 3 nitrogen and oxygen atoms in total. The first-order valence-corrected chi connectivity index (χ1v) is 7.93. The lowest BCUT2D eigenvalue weighted by atomic mass is 9.88. The number of rotatable bonds is 4. The summed E-state index contributed by atoms with van der Waals surface area (Å²) in [6, 6.07) is 7.22. The minimum absolute atomic E-state index is 0.130. The Labute approximate surface area is 121 Å². The fourth-order valence-corrected chi connectivity index (χ4v) is 3.33. The number of fused-ring (bicyclic) bond motifs is 1. The molecule has 2 unspecified atom stereocenters. The van der Waals surface area contributed by atoms with Crippen LogP contribution in [0.2, 0.25) is 0 Å². The number of hydrogen-bond acceptors (Lipinski definition) is 3. The Kier molecular flexibility index (Phi) is 4.71. The van der Waals surface area contributed by atoms with Crippen LogP contribution >= 0.6 is 0 Å². The van der Waals surface area contributed by atoms with Crippen molar-refractivity contribution in [3.63, 3.8) is 0 Å². The van der Waals surface area contributed by atoms with E-state index in [2.05, 4.69) is 30.4 Å². The van der Waals surface area contributed by atoms with Gasteiger partial charge in [-0.1, -0.05) is 25.1 Å². The predicted molar refractivity (Wildman–Crippen MR) is 80.1 cm³/mol. The van der Waals surface area contributed by atoms with Crippen molar-refractivity contribution < 1.29 is 9.47 Å². The second kappa shape index (κ2) is 6.70. The van der Waals surface area contributed by atoms with Crippen molar-refractivity contribution in [2.45, 2.75) is 44.8 Å². The average Bonchev–Trinajstić information content (AvgIpc) is 2.53. The van der Waals surface area contributed by atoms with E-state index < -0.39 is 0 Å². The maximum atomic E-state index is 5.90. The summed E-state index contributed by atoms with van der Waals surface area (Å²) in [5, 5.41) is 3.57. The van der Waals surface area contributed by atoms with Crippen molar-refractivity contribution in [3.05, 3.63) is 34.9 Å². The fraction of sp³-hybridized carbons (Fsp3) is 0.647. The molecule has 0 radical (unpaired) electrons. The van der Waals surface area contributed by atoms with E-state index >= 15 is 0 Å². The molecule has 1 aliphatic carbocycles. The van der Waals surface area contributed by atoms with Crippen LogP contribution in [0.15, 0.2) is 18.2 Å². The van der Waals surface area contributed by atoms with Crippen LogP contribution in [0.1, 0.15) is 42.5 Å². The molecule has 1 N–H and O–H groups in total. The Bertz CT molecular complexity index is 441. The van der Waals surface area contributed by atoms with E-state index in [0.29, 0.717) is 13.2 Å². The smallest absolute Gasteiger partial charge is 0.100 e. The molecule has 1 fully saturated rings. The van der Waals surface area contributed by atoms with Gasteiger partial charge in [0.05, 0.1) is 25.9 Å². The number of ether oxygens (including phenoxy) is 2. The van der Waals surface area contributed by atoms with Gasteiger partial charge < -0.3 is 14.8 Å². The highest BCUT2D eigenvalue weighted by Gasteiger charge is 2.26. The fourth-order valence-electron chi connectivity index (χ4n) is 3.33. The molecule has 0 spiro atoms. The Morgan fingerprint density at radius 3 is 2.80 bits per heavy atom. The predicted octanol–water partition coefficient (Wildman–Crippen LogP) is 2.63. The molecule has 110 valence electrons. The standard InChI is InChI=1S/C17H25NO2/c1-2-18-17(16-12-19-9-10-20-16)15-8-7-13-5-3-4-6-14(13)11-15/h7-8,11,16-18H,2-6,9-10,12H2,1H3. The van der Waals surface area contributed by atoms with E-state index in [4.69, 9.17) is 9.47 Å². The number of benzene rings is 1. The van der Waals surface area contributed by atoms with Crippen LogP contribution in [0.3, 0.4) is 0 Å². The van der Waals surface area contributed by atoms with Crippen LogP contribution in [-0.4, -0.2) is 32.5 Å². The highest BCUT2D eigenvalue weighted by molar-refractivity contribution is 5.35. The quantitative estimate of drug-likeness (QED) is 0.916. The summed E-state index contributed by atoms with van der Waals surface area (Å²) in [4.78, 5) is 0. The first-order chi connectivity index (χ1) is 9.88. The van der Waals surface area contributed by atoms with E-state index in [1.165, 1.54) is 42.4 Å². The van der Waals surface area contributed by atoms with Crippen LogP contribution in [0.25, 0.3) is 0 Å². The van der Waals surface area contributed by atoms with Crippen molar-refractivity contribution >= 4 is 0 Å². The Morgan fingerprint density at radius 1 is 1.20 bits per heavy atom. The van der Waals surface area contributed by atoms with Crippen molar-refractivity contribution in [3.8, 4) is 0 Å². The molecule has 0 amide bonds. The van der Waals surface area contributed by atoms with Crippen LogP contribution in [0.4, 0.5) is 0 Å². The monoisotopic (exact) mass is 275 g/mol. The molecule has 2 atom stereocenters. The molecule has 2 aliphatic rings. The highest BCUT2D eigenvalue weighted by Crippen LogP contribution is 2.27. The zero-order chi connectivity index (χ0) is 13.8. The summed E-state index contributed by atoms with van der Waals surface area (Å²) in [6.45, 7) is 5.21. The summed E-state index contributed by atoms with van der Waals surface area (Å²) < 4.78 is 11.5. The highest BCUT2D eigenvalue weighted by atomic mass is 16.6. The third kappa shape index (κ3) is 3.05. The van der Waals surface area contributed by atoms with E-state index in [1.807, 2.05) is 0 Å². The normalized spacial score (nSPS) is 24.1. The third-order valence-corrected chi connectivity index (χ3v) is 4.37. The summed E-state index contributed by atoms with van der Waals surface area (Å²) >= 11 is 0. The molecule has 20 heavy (non-hydrogen) atoms. The van der Waals surface area contributed by atoms with Crippen LogP contribution < -0.4 is 5.32 Å². The number of aryl methyl sites for hydroxylation is 2. The van der Waals surface area contributed by atoms with Gasteiger partial charge in [-0.2, -0.15) is 0 Å². The molecule has 1 aromatic carbocycles. The van der Waals surface area contributed by atoms with E-state index in [0.717, 1.165) is 13.2 Å². The number of likely N-dealkylation sites (N-methyl/N-ethyl adjacent to an activating group) is 1. The van der Waals surface area contributed by atoms with Crippen molar-refractivity contribution in [2.24, 2.45) is 0 Å². The topological polar surface area (TPSA) is 30.5 Å². The summed E-state index contributed by atoms with van der Waals surface area (Å²) in [7, 11) is 0. The molecule has 1 saturated heterocycles. The molecule has 0 aromatic heterocycles. The maximum Gasteiger partial charge on any atom is 0.100 e. The Morgan fingerprint density at radius 2 is 2.05 bits per heavy atom. The third-order valence-electron chi connectivity index (χ3n) is 4.37. The lowest BCUT2D eigenvalue weighted by molar-refractivity contribution is -0.102. The minimum atomic E-state index is 0.130. The van der Waals surface area contributed by atoms with E-state index in [-0.39, 0.29) is 12.1 Å². The maximum absolute atomic E-state index is 5.90. The lowest BCUT2D eigenvalue weighted by Gasteiger charge is -2.32. The average molecular weight is 275 g/mol. The van der Waals surface area contributed by atoms with Gasteiger partial charge in [0.15, 0.2) is 0 Å². The summed E-state index contributed by atoms with van der Waals surface area (Å²) in [5.74, 6) is 0. The van der Waals surface area contributed by atoms with Gasteiger partial charge in [-0.25, -0.2) is 0 Å².